The summed E-state index contributed by atoms with van der Waals surface area (Å²) in [6.45, 7) is 2.21. The topological polar surface area (TPSA) is 43.7 Å². The summed E-state index contributed by atoms with van der Waals surface area (Å²) < 4.78 is 0.779. The minimum Gasteiger partial charge on any atom is -1.00 e. The Hall–Kier alpha value is -0.810. The Morgan fingerprint density at radius 2 is 1.96 bits per heavy atom. The quantitative estimate of drug-likeness (QED) is 0.599. The molecule has 0 amide bonds. The van der Waals surface area contributed by atoms with Crippen molar-refractivity contribution in [3.05, 3.63) is 29.8 Å². The Morgan fingerprint density at radius 3 is 2.69 bits per heavy atom. The van der Waals surface area contributed by atoms with Crippen molar-refractivity contribution >= 4 is 5.69 Å². The summed E-state index contributed by atoms with van der Waals surface area (Å²) in [5, 5.41) is 23.1. The second-order valence-electron chi connectivity index (χ2n) is 9.58. The van der Waals surface area contributed by atoms with Gasteiger partial charge in [-0.15, -0.1) is 0 Å². The molecule has 7 rings (SSSR count). The van der Waals surface area contributed by atoms with Gasteiger partial charge in [0.25, 0.3) is 0 Å². The minimum atomic E-state index is -0.273. The molecule has 1 aromatic rings. The van der Waals surface area contributed by atoms with Gasteiger partial charge < -0.3 is 27.5 Å². The number of nitrogens with zero attached hydrogens (tertiary/aromatic N) is 2. The van der Waals surface area contributed by atoms with Crippen LogP contribution in [-0.2, 0) is 5.41 Å². The highest BCUT2D eigenvalue weighted by atomic mass is 35.5. The Morgan fingerprint density at radius 1 is 1.23 bits per heavy atom. The molecular weight excluding hydrogens is 348 g/mol. The van der Waals surface area contributed by atoms with Crippen LogP contribution >= 0.6 is 0 Å². The second kappa shape index (κ2) is 4.96. The average Bonchev–Trinajstić information content (AvgIpc) is 2.99. The van der Waals surface area contributed by atoms with E-state index in [9.17, 15) is 10.2 Å². The molecule has 4 nitrogen and oxygen atoms in total. The van der Waals surface area contributed by atoms with Crippen LogP contribution in [-0.4, -0.2) is 59.2 Å². The van der Waals surface area contributed by atoms with E-state index in [0.717, 1.165) is 23.7 Å². The number of aliphatic hydroxyl groups excluding tert-OH is 2. The second-order valence-corrected chi connectivity index (χ2v) is 9.58. The number of benzene rings is 1. The van der Waals surface area contributed by atoms with Gasteiger partial charge in [0.05, 0.1) is 30.7 Å². The number of fused-ring (bicyclic) bond motifs is 2. The molecule has 5 aliphatic heterocycles. The van der Waals surface area contributed by atoms with Crippen LogP contribution in [0.4, 0.5) is 5.69 Å². The zero-order chi connectivity index (χ0) is 17.3. The minimum absolute atomic E-state index is 0. The van der Waals surface area contributed by atoms with E-state index in [4.69, 9.17) is 0 Å². The van der Waals surface area contributed by atoms with E-state index in [1.165, 1.54) is 11.3 Å². The Labute approximate surface area is 161 Å². The zero-order valence-corrected chi connectivity index (χ0v) is 16.5. The summed E-state index contributed by atoms with van der Waals surface area (Å²) >= 11 is 0. The molecule has 2 N–H and O–H groups in total. The van der Waals surface area contributed by atoms with Crippen LogP contribution < -0.4 is 17.3 Å². The lowest BCUT2D eigenvalue weighted by atomic mass is 9.61. The summed E-state index contributed by atoms with van der Waals surface area (Å²) in [6.07, 6.45) is 2.67. The summed E-state index contributed by atoms with van der Waals surface area (Å²) in [7, 11) is 4.51. The fourth-order valence-electron chi connectivity index (χ4n) is 8.58. The normalized spacial score (nSPS) is 54.9. The van der Waals surface area contributed by atoms with Gasteiger partial charge in [-0.3, -0.25) is 4.48 Å². The van der Waals surface area contributed by atoms with Crippen molar-refractivity contribution < 1.29 is 27.1 Å². The molecule has 5 bridgehead atoms. The van der Waals surface area contributed by atoms with Gasteiger partial charge in [0.15, 0.2) is 6.23 Å². The van der Waals surface area contributed by atoms with Crippen molar-refractivity contribution in [1.82, 2.24) is 0 Å². The van der Waals surface area contributed by atoms with Gasteiger partial charge in [0.1, 0.15) is 6.04 Å². The standard InChI is InChI=1S/C21H29N2O2.ClH/c1-4-11-12-9-15-18-21(13-7-5-6-8-14(13)22(18)2)10-16(17(12)19(21)24)23(15,3)20(11)25;/h5-8,11-12,15-20,24-25H,4,9-10H2,1-3H3;1H/q+1;/p-1/t11-,12+,15+,16+,17-,18+,19-,20+,21-,23?;/m1./s1. The average molecular weight is 377 g/mol. The number of likely N-dealkylation sites (N-methyl/N-ethyl adjacent to an activating group) is 2. The molecule has 26 heavy (non-hydrogen) atoms. The lowest BCUT2D eigenvalue weighted by Crippen LogP contribution is -3.00. The number of hydrogen-bond acceptors (Lipinski definition) is 3. The summed E-state index contributed by atoms with van der Waals surface area (Å²) in [4.78, 5) is 2.44. The van der Waals surface area contributed by atoms with E-state index >= 15 is 0 Å². The molecule has 1 saturated carbocycles. The largest absolute Gasteiger partial charge is 1.00 e. The number of quaternary nitrogens is 1. The molecule has 142 valence electrons. The lowest BCUT2D eigenvalue weighted by molar-refractivity contribution is -1.02. The van der Waals surface area contributed by atoms with Gasteiger partial charge in [0.2, 0.25) is 0 Å². The first-order valence-electron chi connectivity index (χ1n) is 10.0. The van der Waals surface area contributed by atoms with Crippen molar-refractivity contribution in [2.24, 2.45) is 17.8 Å². The maximum atomic E-state index is 11.7. The highest BCUT2D eigenvalue weighted by Crippen LogP contribution is 2.70. The third-order valence-corrected chi connectivity index (χ3v) is 9.39. The van der Waals surface area contributed by atoms with E-state index in [1.54, 1.807) is 0 Å². The van der Waals surface area contributed by atoms with Crippen molar-refractivity contribution in [2.45, 2.75) is 62.1 Å². The van der Waals surface area contributed by atoms with Crippen LogP contribution in [0.1, 0.15) is 31.7 Å². The van der Waals surface area contributed by atoms with Crippen molar-refractivity contribution in [3.8, 4) is 0 Å². The fraction of sp³-hybridized carbons (Fsp3) is 0.714. The van der Waals surface area contributed by atoms with Gasteiger partial charge in [-0.2, -0.15) is 0 Å². The molecule has 1 unspecified atom stereocenters. The number of rotatable bonds is 1. The maximum absolute atomic E-state index is 11.7. The Balaban J connectivity index is 0.00000150. The molecule has 10 atom stereocenters. The van der Waals surface area contributed by atoms with Gasteiger partial charge in [-0.05, 0) is 24.0 Å². The molecule has 5 heterocycles. The highest BCUT2D eigenvalue weighted by Gasteiger charge is 2.82. The van der Waals surface area contributed by atoms with Gasteiger partial charge in [-0.25, -0.2) is 0 Å². The predicted octanol–water partition coefficient (Wildman–Crippen LogP) is -1.30. The fourth-order valence-corrected chi connectivity index (χ4v) is 8.58. The van der Waals surface area contributed by atoms with Gasteiger partial charge in [0, 0.05) is 37.4 Å². The van der Waals surface area contributed by atoms with Crippen LogP contribution in [0.3, 0.4) is 0 Å². The van der Waals surface area contributed by atoms with Crippen molar-refractivity contribution in [3.63, 3.8) is 0 Å². The predicted molar refractivity (Wildman–Crippen MR) is 96.1 cm³/mol. The Bertz CT molecular complexity index is 774. The smallest absolute Gasteiger partial charge is 0.193 e. The lowest BCUT2D eigenvalue weighted by Gasteiger charge is -2.66. The third-order valence-electron chi connectivity index (χ3n) is 9.39. The third kappa shape index (κ3) is 1.44. The monoisotopic (exact) mass is 376 g/mol. The SMILES string of the molecule is CC[C@@H]1[C@@H]2C[C@H]3[C@@H]4N(C)c5ccccc5[C@]45C[C@@H]([C@@H]2[C@H]5O)[N+]3(C)[C@H]1O.[Cl-]. The van der Waals surface area contributed by atoms with E-state index in [2.05, 4.69) is 50.2 Å². The number of piperidine rings is 4. The molecule has 1 aliphatic carbocycles. The first-order chi connectivity index (χ1) is 12.0. The number of hydrogen-bond donors (Lipinski definition) is 2. The van der Waals surface area contributed by atoms with E-state index in [1.807, 2.05) is 0 Å². The molecule has 1 spiro atoms. The highest BCUT2D eigenvalue weighted by molar-refractivity contribution is 5.66. The summed E-state index contributed by atoms with van der Waals surface area (Å²) in [5.41, 5.74) is 2.54. The van der Waals surface area contributed by atoms with Crippen molar-refractivity contribution in [2.75, 3.05) is 19.0 Å². The molecule has 6 aliphatic rings. The molecule has 0 aromatic heterocycles. The van der Waals surface area contributed by atoms with Crippen LogP contribution in [0.15, 0.2) is 24.3 Å². The van der Waals surface area contributed by atoms with E-state index in [0.29, 0.717) is 35.9 Å². The van der Waals surface area contributed by atoms with E-state index < -0.39 is 0 Å². The first-order valence-corrected chi connectivity index (χ1v) is 10.0. The number of halogens is 1. The first kappa shape index (κ1) is 17.3. The maximum Gasteiger partial charge on any atom is 0.193 e. The van der Waals surface area contributed by atoms with E-state index in [-0.39, 0.29) is 30.2 Å². The molecular formula is C21H29ClN2O2. The molecule has 5 fully saturated rings. The van der Waals surface area contributed by atoms with Crippen LogP contribution in [0.25, 0.3) is 0 Å². The van der Waals surface area contributed by atoms with Crippen LogP contribution in [0, 0.1) is 17.8 Å². The zero-order valence-electron chi connectivity index (χ0n) is 15.7. The Kier molecular flexibility index (Phi) is 3.30. The summed E-state index contributed by atoms with van der Waals surface area (Å²) in [5.74, 6) is 1.17. The van der Waals surface area contributed by atoms with Crippen LogP contribution in [0.5, 0.6) is 0 Å². The summed E-state index contributed by atoms with van der Waals surface area (Å²) in [6, 6.07) is 9.87. The van der Waals surface area contributed by atoms with Gasteiger partial charge >= 0.3 is 0 Å². The number of anilines is 1. The molecule has 5 heteroatoms. The molecule has 1 aromatic carbocycles. The number of aliphatic hydroxyl groups is 2. The van der Waals surface area contributed by atoms with Crippen molar-refractivity contribution in [1.29, 1.82) is 0 Å². The molecule has 4 saturated heterocycles. The molecule has 0 radical (unpaired) electrons. The number of para-hydroxylation sites is 1. The van der Waals surface area contributed by atoms with Crippen LogP contribution in [0.2, 0.25) is 0 Å². The van der Waals surface area contributed by atoms with Gasteiger partial charge in [-0.1, -0.05) is 25.1 Å².